The molecule has 32 heavy (non-hydrogen) atoms. The Kier molecular flexibility index (Phi) is 7.29. The number of rotatable bonds is 5. The van der Waals surface area contributed by atoms with Crippen LogP contribution in [0.3, 0.4) is 0 Å². The summed E-state index contributed by atoms with van der Waals surface area (Å²) in [5.41, 5.74) is 0.634. The molecule has 9 heteroatoms. The molecule has 0 saturated carbocycles. The van der Waals surface area contributed by atoms with E-state index in [4.69, 9.17) is 14.2 Å². The molecule has 3 rings (SSSR count). The van der Waals surface area contributed by atoms with Gasteiger partial charge in [0.1, 0.15) is 12.7 Å². The number of nitrogens with zero attached hydrogens (tertiary/aromatic N) is 1. The number of pyridine rings is 1. The zero-order chi connectivity index (χ0) is 23.3. The lowest BCUT2D eigenvalue weighted by Gasteiger charge is -2.26. The second kappa shape index (κ2) is 10.1. The van der Waals surface area contributed by atoms with Crippen molar-refractivity contribution in [3.63, 3.8) is 0 Å². The number of hydrogen-bond acceptors (Lipinski definition) is 8. The standard InChI is InChI=1S/C23H26N2O7/c1-13-14(2)32-23(29)17(25-21(27)19-20(26)18(30-3)9-10-24-19)12-31-22(28)16(13)11-15-7-5-4-6-8-15/h4-10,13-14,16-17,26H,11-12H2,1-3H3,(H,25,27)/t13-,14-,16+,17-/m0/s1. The highest BCUT2D eigenvalue weighted by Crippen LogP contribution is 2.28. The summed E-state index contributed by atoms with van der Waals surface area (Å²) in [6.45, 7) is 3.12. The van der Waals surface area contributed by atoms with E-state index in [0.29, 0.717) is 6.42 Å². The number of esters is 2. The molecule has 1 fully saturated rings. The van der Waals surface area contributed by atoms with Gasteiger partial charge in [0.05, 0.1) is 13.0 Å². The number of aromatic hydroxyl groups is 1. The Bertz CT molecular complexity index is 980. The number of methoxy groups -OCH3 is 1. The monoisotopic (exact) mass is 442 g/mol. The first-order valence-electron chi connectivity index (χ1n) is 10.3. The zero-order valence-electron chi connectivity index (χ0n) is 18.1. The van der Waals surface area contributed by atoms with Gasteiger partial charge in [0.25, 0.3) is 5.91 Å². The average molecular weight is 442 g/mol. The van der Waals surface area contributed by atoms with Gasteiger partial charge in [-0.1, -0.05) is 37.3 Å². The third kappa shape index (κ3) is 5.16. The second-order valence-corrected chi connectivity index (χ2v) is 7.66. The maximum atomic E-state index is 12.9. The van der Waals surface area contributed by atoms with Gasteiger partial charge < -0.3 is 24.6 Å². The Morgan fingerprint density at radius 2 is 1.91 bits per heavy atom. The zero-order valence-corrected chi connectivity index (χ0v) is 18.1. The van der Waals surface area contributed by atoms with Gasteiger partial charge in [-0.25, -0.2) is 9.78 Å². The molecular weight excluding hydrogens is 416 g/mol. The summed E-state index contributed by atoms with van der Waals surface area (Å²) in [5, 5.41) is 12.6. The van der Waals surface area contributed by atoms with Gasteiger partial charge in [0, 0.05) is 18.2 Å². The Hall–Kier alpha value is -3.62. The van der Waals surface area contributed by atoms with Gasteiger partial charge >= 0.3 is 11.9 Å². The summed E-state index contributed by atoms with van der Waals surface area (Å²) < 4.78 is 15.9. The molecule has 0 aliphatic carbocycles. The van der Waals surface area contributed by atoms with Crippen LogP contribution in [-0.2, 0) is 25.5 Å². The van der Waals surface area contributed by atoms with Crippen LogP contribution in [0.5, 0.6) is 11.5 Å². The summed E-state index contributed by atoms with van der Waals surface area (Å²) >= 11 is 0. The minimum atomic E-state index is -1.26. The highest BCUT2D eigenvalue weighted by Gasteiger charge is 2.37. The fraction of sp³-hybridized carbons (Fsp3) is 0.391. The number of hydrogen-bond donors (Lipinski definition) is 2. The summed E-state index contributed by atoms with van der Waals surface area (Å²) in [5.74, 6) is -3.31. The molecule has 1 aromatic heterocycles. The normalized spacial score (nSPS) is 23.7. The van der Waals surface area contributed by atoms with Crippen LogP contribution in [0.25, 0.3) is 0 Å². The molecule has 9 nitrogen and oxygen atoms in total. The van der Waals surface area contributed by atoms with Crippen molar-refractivity contribution in [1.82, 2.24) is 10.3 Å². The molecule has 0 spiro atoms. The molecule has 1 saturated heterocycles. The molecule has 2 N–H and O–H groups in total. The molecule has 1 amide bonds. The molecule has 1 aliphatic heterocycles. The molecular formula is C23H26N2O7. The minimum absolute atomic E-state index is 0.0554. The fourth-order valence-corrected chi connectivity index (χ4v) is 3.49. The van der Waals surface area contributed by atoms with Crippen molar-refractivity contribution in [3.05, 3.63) is 53.9 Å². The third-order valence-corrected chi connectivity index (χ3v) is 5.58. The lowest BCUT2D eigenvalue weighted by atomic mass is 9.85. The van der Waals surface area contributed by atoms with Crippen molar-refractivity contribution in [1.29, 1.82) is 0 Å². The first-order valence-corrected chi connectivity index (χ1v) is 10.3. The highest BCUT2D eigenvalue weighted by molar-refractivity contribution is 5.98. The van der Waals surface area contributed by atoms with Gasteiger partial charge in [-0.2, -0.15) is 0 Å². The number of cyclic esters (lactones) is 2. The maximum Gasteiger partial charge on any atom is 0.332 e. The number of carbonyl (C=O) groups is 3. The van der Waals surface area contributed by atoms with Gasteiger partial charge in [-0.15, -0.1) is 0 Å². The molecule has 2 heterocycles. The van der Waals surface area contributed by atoms with Gasteiger partial charge in [-0.3, -0.25) is 9.59 Å². The molecule has 2 aromatic rings. The van der Waals surface area contributed by atoms with Crippen LogP contribution in [-0.4, -0.2) is 53.8 Å². The number of benzene rings is 1. The van der Waals surface area contributed by atoms with E-state index in [2.05, 4.69) is 10.3 Å². The van der Waals surface area contributed by atoms with Crippen molar-refractivity contribution in [2.24, 2.45) is 11.8 Å². The number of carbonyl (C=O) groups excluding carboxylic acids is 3. The SMILES string of the molecule is COc1ccnc(C(=O)N[C@H]2COC(=O)[C@H](Cc3ccccc3)[C@@H](C)[C@H](C)OC2=O)c1O. The average Bonchev–Trinajstić information content (AvgIpc) is 2.82. The van der Waals surface area contributed by atoms with Crippen LogP contribution in [0.1, 0.15) is 29.9 Å². The van der Waals surface area contributed by atoms with E-state index in [-0.39, 0.29) is 17.4 Å². The number of ether oxygens (including phenoxy) is 3. The molecule has 1 aliphatic rings. The van der Waals surface area contributed by atoms with Crippen molar-refractivity contribution >= 4 is 17.8 Å². The van der Waals surface area contributed by atoms with Crippen molar-refractivity contribution in [3.8, 4) is 11.5 Å². The van der Waals surface area contributed by atoms with Crippen LogP contribution >= 0.6 is 0 Å². The Balaban J connectivity index is 1.77. The van der Waals surface area contributed by atoms with Crippen molar-refractivity contribution in [2.75, 3.05) is 13.7 Å². The first-order chi connectivity index (χ1) is 15.3. The van der Waals surface area contributed by atoms with E-state index in [9.17, 15) is 19.5 Å². The van der Waals surface area contributed by atoms with E-state index in [1.54, 1.807) is 6.92 Å². The lowest BCUT2D eigenvalue weighted by molar-refractivity contribution is -0.153. The molecule has 170 valence electrons. The molecule has 0 unspecified atom stereocenters. The Labute approximate surface area is 185 Å². The number of aromatic nitrogens is 1. The Morgan fingerprint density at radius 1 is 1.19 bits per heavy atom. The van der Waals surface area contributed by atoms with E-state index in [1.165, 1.54) is 19.4 Å². The summed E-state index contributed by atoms with van der Waals surface area (Å²) in [4.78, 5) is 42.0. The summed E-state index contributed by atoms with van der Waals surface area (Å²) in [6, 6.07) is 9.62. The fourth-order valence-electron chi connectivity index (χ4n) is 3.49. The van der Waals surface area contributed by atoms with E-state index >= 15 is 0 Å². The van der Waals surface area contributed by atoms with E-state index < -0.39 is 48.3 Å². The topological polar surface area (TPSA) is 124 Å². The van der Waals surface area contributed by atoms with Crippen LogP contribution in [0.15, 0.2) is 42.6 Å². The number of nitrogens with one attached hydrogen (secondary N) is 1. The first kappa shape index (κ1) is 23.1. The summed E-state index contributed by atoms with van der Waals surface area (Å²) in [6.07, 6.45) is 1.12. The Morgan fingerprint density at radius 3 is 2.59 bits per heavy atom. The van der Waals surface area contributed by atoms with Crippen molar-refractivity contribution in [2.45, 2.75) is 32.4 Å². The minimum Gasteiger partial charge on any atom is -0.503 e. The third-order valence-electron chi connectivity index (χ3n) is 5.58. The predicted molar refractivity (Wildman–Crippen MR) is 113 cm³/mol. The lowest BCUT2D eigenvalue weighted by Crippen LogP contribution is -2.46. The van der Waals surface area contributed by atoms with Crippen LogP contribution in [0.2, 0.25) is 0 Å². The largest absolute Gasteiger partial charge is 0.503 e. The highest BCUT2D eigenvalue weighted by atomic mass is 16.6. The summed E-state index contributed by atoms with van der Waals surface area (Å²) in [7, 11) is 1.33. The van der Waals surface area contributed by atoms with Gasteiger partial charge in [0.2, 0.25) is 0 Å². The van der Waals surface area contributed by atoms with Crippen LogP contribution in [0.4, 0.5) is 0 Å². The molecule has 1 aromatic carbocycles. The van der Waals surface area contributed by atoms with Gasteiger partial charge in [0.15, 0.2) is 23.2 Å². The smallest absolute Gasteiger partial charge is 0.332 e. The number of amides is 1. The molecule has 0 radical (unpaired) electrons. The van der Waals surface area contributed by atoms with E-state index in [0.717, 1.165) is 5.56 Å². The van der Waals surface area contributed by atoms with Gasteiger partial charge in [-0.05, 0) is 18.9 Å². The van der Waals surface area contributed by atoms with Crippen LogP contribution in [0, 0.1) is 11.8 Å². The van der Waals surface area contributed by atoms with E-state index in [1.807, 2.05) is 37.3 Å². The maximum absolute atomic E-state index is 12.9. The molecule has 0 bridgehead atoms. The van der Waals surface area contributed by atoms with Crippen molar-refractivity contribution < 1.29 is 33.7 Å². The quantitative estimate of drug-likeness (QED) is 0.673. The molecule has 4 atom stereocenters. The predicted octanol–water partition coefficient (Wildman–Crippen LogP) is 1.88. The second-order valence-electron chi connectivity index (χ2n) is 7.66. The van der Waals surface area contributed by atoms with Crippen LogP contribution < -0.4 is 10.1 Å².